The van der Waals surface area contributed by atoms with Gasteiger partial charge in [0.2, 0.25) is 10.0 Å². The van der Waals surface area contributed by atoms with Crippen molar-refractivity contribution in [3.05, 3.63) is 29.3 Å². The Kier molecular flexibility index (Phi) is 4.22. The molecule has 1 heterocycles. The molecule has 0 fully saturated rings. The van der Waals surface area contributed by atoms with E-state index in [1.54, 1.807) is 18.2 Å². The summed E-state index contributed by atoms with van der Waals surface area (Å²) >= 11 is 0. The Hall–Kier alpha value is -1.63. The Morgan fingerprint density at radius 2 is 2.10 bits per heavy atom. The summed E-state index contributed by atoms with van der Waals surface area (Å²) in [5, 5.41) is 11.0. The first kappa shape index (κ1) is 15.8. The van der Waals surface area contributed by atoms with Gasteiger partial charge in [-0.05, 0) is 30.2 Å². The molecule has 1 aliphatic rings. The number of sulfone groups is 1. The first-order chi connectivity index (χ1) is 9.68. The van der Waals surface area contributed by atoms with E-state index in [0.29, 0.717) is 18.5 Å². The van der Waals surface area contributed by atoms with Crippen molar-refractivity contribution < 1.29 is 16.8 Å². The molecule has 1 aromatic carbocycles. The Balaban J connectivity index is 2.13. The van der Waals surface area contributed by atoms with E-state index in [1.807, 2.05) is 6.07 Å². The first-order valence-electron chi connectivity index (χ1n) is 6.13. The maximum Gasteiger partial charge on any atom is 0.226 e. The molecule has 0 radical (unpaired) electrons. The first-order valence-corrected chi connectivity index (χ1v) is 9.84. The van der Waals surface area contributed by atoms with Crippen molar-refractivity contribution in [3.8, 4) is 6.07 Å². The van der Waals surface area contributed by atoms with Crippen molar-refractivity contribution in [3.63, 3.8) is 0 Å². The highest BCUT2D eigenvalue weighted by atomic mass is 32.3. The van der Waals surface area contributed by atoms with Crippen LogP contribution in [0, 0.1) is 11.3 Å². The van der Waals surface area contributed by atoms with Crippen LogP contribution in [0.4, 0.5) is 5.69 Å². The van der Waals surface area contributed by atoms with Crippen LogP contribution in [0.1, 0.15) is 11.1 Å². The van der Waals surface area contributed by atoms with Crippen molar-refractivity contribution in [2.45, 2.75) is 12.5 Å². The monoisotopic (exact) mass is 329 g/mol. The molecule has 1 aliphatic heterocycles. The maximum absolute atomic E-state index is 11.8. The molecule has 0 saturated heterocycles. The average Bonchev–Trinajstić information content (AvgIpc) is 2.34. The standard InChI is InChI=1S/C12H15N3O4S2/c1-20(16,17)8-21(18,19)15-11-5-10-4-9(6-13)2-3-12(10)14-7-11/h2-4,11,14-15H,5,7-8H2,1H3. The van der Waals surface area contributed by atoms with Gasteiger partial charge in [-0.1, -0.05) is 0 Å². The van der Waals surface area contributed by atoms with Crippen LogP contribution in [0.2, 0.25) is 0 Å². The number of nitrogens with one attached hydrogen (secondary N) is 2. The molecule has 0 amide bonds. The lowest BCUT2D eigenvalue weighted by molar-refractivity contribution is 0.550. The number of hydrogen-bond donors (Lipinski definition) is 2. The van der Waals surface area contributed by atoms with E-state index < -0.39 is 31.0 Å². The zero-order valence-electron chi connectivity index (χ0n) is 11.3. The molecule has 0 aromatic heterocycles. The number of sulfonamides is 1. The predicted octanol–water partition coefficient (Wildman–Crippen LogP) is -0.184. The second-order valence-corrected chi connectivity index (χ2v) is 9.30. The Bertz CT molecular complexity index is 794. The number of nitrogens with zero attached hydrogens (tertiary/aromatic N) is 1. The van der Waals surface area contributed by atoms with Crippen molar-refractivity contribution in [1.29, 1.82) is 5.26 Å². The summed E-state index contributed by atoms with van der Waals surface area (Å²) in [6, 6.07) is 6.73. The van der Waals surface area contributed by atoms with Crippen molar-refractivity contribution in [2.24, 2.45) is 0 Å². The number of fused-ring (bicyclic) bond motifs is 1. The number of rotatable bonds is 4. The van der Waals surface area contributed by atoms with Crippen LogP contribution in [0.5, 0.6) is 0 Å². The lowest BCUT2D eigenvalue weighted by Crippen LogP contribution is -2.45. The van der Waals surface area contributed by atoms with E-state index in [4.69, 9.17) is 5.26 Å². The number of anilines is 1. The summed E-state index contributed by atoms with van der Waals surface area (Å²) < 4.78 is 48.1. The van der Waals surface area contributed by atoms with Gasteiger partial charge in [0.1, 0.15) is 0 Å². The second-order valence-electron chi connectivity index (χ2n) is 5.04. The Morgan fingerprint density at radius 3 is 2.71 bits per heavy atom. The van der Waals surface area contributed by atoms with E-state index in [0.717, 1.165) is 17.5 Å². The molecule has 0 spiro atoms. The van der Waals surface area contributed by atoms with Gasteiger partial charge < -0.3 is 5.32 Å². The SMILES string of the molecule is CS(=O)(=O)CS(=O)(=O)NC1CNc2ccc(C#N)cc2C1. The topological polar surface area (TPSA) is 116 Å². The van der Waals surface area contributed by atoms with Gasteiger partial charge >= 0.3 is 0 Å². The lowest BCUT2D eigenvalue weighted by atomic mass is 9.98. The van der Waals surface area contributed by atoms with Gasteiger partial charge in [0, 0.05) is 24.5 Å². The van der Waals surface area contributed by atoms with E-state index in [1.165, 1.54) is 0 Å². The zero-order chi connectivity index (χ0) is 15.7. The van der Waals surface area contributed by atoms with Crippen molar-refractivity contribution in [2.75, 3.05) is 23.2 Å². The molecular formula is C12H15N3O4S2. The van der Waals surface area contributed by atoms with Crippen LogP contribution in [-0.2, 0) is 26.3 Å². The third-order valence-corrected chi connectivity index (χ3v) is 6.60. The third kappa shape index (κ3) is 4.42. The number of nitriles is 1. The quantitative estimate of drug-likeness (QED) is 0.791. The highest BCUT2D eigenvalue weighted by Crippen LogP contribution is 2.23. The fourth-order valence-corrected chi connectivity index (χ4v) is 5.43. The highest BCUT2D eigenvalue weighted by Gasteiger charge is 2.25. The molecule has 2 rings (SSSR count). The number of benzene rings is 1. The van der Waals surface area contributed by atoms with E-state index >= 15 is 0 Å². The Labute approximate surface area is 123 Å². The minimum absolute atomic E-state index is 0.363. The second kappa shape index (κ2) is 5.63. The third-order valence-electron chi connectivity index (χ3n) is 2.96. The van der Waals surface area contributed by atoms with E-state index in [9.17, 15) is 16.8 Å². The van der Waals surface area contributed by atoms with Crippen LogP contribution < -0.4 is 10.0 Å². The zero-order valence-corrected chi connectivity index (χ0v) is 13.0. The smallest absolute Gasteiger partial charge is 0.226 e. The van der Waals surface area contributed by atoms with Gasteiger partial charge in [-0.15, -0.1) is 0 Å². The highest BCUT2D eigenvalue weighted by molar-refractivity contribution is 8.06. The summed E-state index contributed by atoms with van der Waals surface area (Å²) in [5.74, 6) is 0. The molecule has 1 atom stereocenters. The molecule has 114 valence electrons. The van der Waals surface area contributed by atoms with Crippen LogP contribution in [0.15, 0.2) is 18.2 Å². The van der Waals surface area contributed by atoms with Gasteiger partial charge in [0.15, 0.2) is 14.9 Å². The van der Waals surface area contributed by atoms with Crippen LogP contribution in [0.3, 0.4) is 0 Å². The van der Waals surface area contributed by atoms with Gasteiger partial charge in [-0.25, -0.2) is 21.6 Å². The van der Waals surface area contributed by atoms with Gasteiger partial charge in [-0.3, -0.25) is 0 Å². The van der Waals surface area contributed by atoms with Gasteiger partial charge in [-0.2, -0.15) is 5.26 Å². The summed E-state index contributed by atoms with van der Waals surface area (Å²) in [5.41, 5.74) is 2.18. The van der Waals surface area contributed by atoms with Crippen molar-refractivity contribution in [1.82, 2.24) is 4.72 Å². The largest absolute Gasteiger partial charge is 0.383 e. The Morgan fingerprint density at radius 1 is 1.38 bits per heavy atom. The molecule has 9 heteroatoms. The molecular weight excluding hydrogens is 314 g/mol. The maximum atomic E-state index is 11.8. The summed E-state index contributed by atoms with van der Waals surface area (Å²) in [6.07, 6.45) is 1.28. The molecule has 7 nitrogen and oxygen atoms in total. The van der Waals surface area contributed by atoms with Crippen molar-refractivity contribution >= 4 is 25.5 Å². The molecule has 0 saturated carbocycles. The molecule has 21 heavy (non-hydrogen) atoms. The average molecular weight is 329 g/mol. The molecule has 0 bridgehead atoms. The summed E-state index contributed by atoms with van der Waals surface area (Å²) in [4.78, 5) is 0. The van der Waals surface area contributed by atoms with E-state index in [-0.39, 0.29) is 0 Å². The molecule has 2 N–H and O–H groups in total. The molecule has 1 aromatic rings. The van der Waals surface area contributed by atoms with Crippen LogP contribution in [0.25, 0.3) is 0 Å². The van der Waals surface area contributed by atoms with E-state index in [2.05, 4.69) is 10.0 Å². The lowest BCUT2D eigenvalue weighted by Gasteiger charge is -2.26. The van der Waals surface area contributed by atoms with Crippen LogP contribution >= 0.6 is 0 Å². The minimum atomic E-state index is -3.90. The molecule has 1 unspecified atom stereocenters. The fourth-order valence-electron chi connectivity index (χ4n) is 2.23. The molecule has 0 aliphatic carbocycles. The minimum Gasteiger partial charge on any atom is -0.383 e. The fraction of sp³-hybridized carbons (Fsp3) is 0.417. The normalized spacial score (nSPS) is 18.4. The predicted molar refractivity (Wildman–Crippen MR) is 78.9 cm³/mol. The van der Waals surface area contributed by atoms with Crippen LogP contribution in [-0.4, -0.2) is 40.8 Å². The van der Waals surface area contributed by atoms with Gasteiger partial charge in [0.05, 0.1) is 11.6 Å². The van der Waals surface area contributed by atoms with Gasteiger partial charge in [0.25, 0.3) is 0 Å². The summed E-state index contributed by atoms with van der Waals surface area (Å²) in [7, 11) is -7.52. The number of hydrogen-bond acceptors (Lipinski definition) is 6. The summed E-state index contributed by atoms with van der Waals surface area (Å²) in [6.45, 7) is 0.363.